The molecule has 0 saturated carbocycles. The van der Waals surface area contributed by atoms with Crippen LogP contribution in [0.3, 0.4) is 0 Å². The fourth-order valence-electron chi connectivity index (χ4n) is 1.18. The molecule has 0 aliphatic heterocycles. The van der Waals surface area contributed by atoms with Gasteiger partial charge in [0, 0.05) is 24.0 Å². The highest BCUT2D eigenvalue weighted by atomic mass is 31.0. The molecule has 0 bridgehead atoms. The van der Waals surface area contributed by atoms with Gasteiger partial charge in [-0.15, -0.1) is 9.24 Å². The number of aryl methyl sites for hydroxylation is 2. The third-order valence-electron chi connectivity index (χ3n) is 1.77. The van der Waals surface area contributed by atoms with Crippen LogP contribution in [-0.4, -0.2) is 16.5 Å². The van der Waals surface area contributed by atoms with Gasteiger partial charge in [0.1, 0.15) is 5.82 Å². The lowest BCUT2D eigenvalue weighted by Crippen LogP contribution is -2.05. The van der Waals surface area contributed by atoms with Crippen molar-refractivity contribution in [1.29, 1.82) is 0 Å². The first kappa shape index (κ1) is 10.6. The predicted octanol–water partition coefficient (Wildman–Crippen LogP) is 1.05. The van der Waals surface area contributed by atoms with Gasteiger partial charge in [-0.1, -0.05) is 0 Å². The lowest BCUT2D eigenvalue weighted by molar-refractivity contribution is 0.768. The van der Waals surface area contributed by atoms with Crippen molar-refractivity contribution in [2.24, 2.45) is 5.73 Å². The lowest BCUT2D eigenvalue weighted by atomic mass is 10.2. The molecule has 13 heavy (non-hydrogen) atoms. The first-order valence-corrected chi connectivity index (χ1v) is 5.31. The van der Waals surface area contributed by atoms with Crippen molar-refractivity contribution in [2.75, 3.05) is 6.54 Å². The van der Waals surface area contributed by atoms with Crippen LogP contribution in [-0.2, 0) is 12.6 Å². The van der Waals surface area contributed by atoms with E-state index in [1.165, 1.54) is 0 Å². The topological polar surface area (TPSA) is 51.8 Å². The summed E-state index contributed by atoms with van der Waals surface area (Å²) >= 11 is 0. The minimum atomic E-state index is 0.702. The third kappa shape index (κ3) is 3.37. The number of rotatable bonds is 4. The first-order chi connectivity index (χ1) is 6.26. The summed E-state index contributed by atoms with van der Waals surface area (Å²) < 4.78 is 0. The Kier molecular flexibility index (Phi) is 4.26. The normalized spacial score (nSPS) is 10.4. The van der Waals surface area contributed by atoms with Gasteiger partial charge in [-0.2, -0.15) is 0 Å². The highest BCUT2D eigenvalue weighted by molar-refractivity contribution is 7.15. The monoisotopic (exact) mass is 197 g/mol. The van der Waals surface area contributed by atoms with Crippen LogP contribution in [0, 0.1) is 6.92 Å². The summed E-state index contributed by atoms with van der Waals surface area (Å²) in [4.78, 5) is 8.75. The highest BCUT2D eigenvalue weighted by Crippen LogP contribution is 2.06. The van der Waals surface area contributed by atoms with Crippen LogP contribution in [0.2, 0.25) is 0 Å². The summed E-state index contributed by atoms with van der Waals surface area (Å²) in [5.74, 6) is 0.919. The zero-order valence-corrected chi connectivity index (χ0v) is 9.11. The first-order valence-electron chi connectivity index (χ1n) is 4.50. The van der Waals surface area contributed by atoms with E-state index < -0.39 is 0 Å². The second kappa shape index (κ2) is 5.25. The van der Waals surface area contributed by atoms with Gasteiger partial charge in [-0.05, 0) is 26.0 Å². The summed E-state index contributed by atoms with van der Waals surface area (Å²) in [5, 5.41) is 0. The van der Waals surface area contributed by atoms with E-state index in [1.54, 1.807) is 0 Å². The highest BCUT2D eigenvalue weighted by Gasteiger charge is 1.99. The molecule has 1 aromatic rings. The number of nitrogens with zero attached hydrogens (tertiary/aromatic N) is 2. The lowest BCUT2D eigenvalue weighted by Gasteiger charge is -2.03. The van der Waals surface area contributed by atoms with Gasteiger partial charge in [0.2, 0.25) is 0 Å². The molecule has 0 spiro atoms. The standard InChI is InChI=1S/C9H16N3P/c1-7-5-8(6-13)12-9(11-7)3-2-4-10/h5H,2-4,6,10,13H2,1H3. The van der Waals surface area contributed by atoms with Crippen LogP contribution in [0.25, 0.3) is 0 Å². The molecule has 0 amide bonds. The van der Waals surface area contributed by atoms with E-state index in [9.17, 15) is 0 Å². The van der Waals surface area contributed by atoms with E-state index in [4.69, 9.17) is 5.73 Å². The Morgan fingerprint density at radius 3 is 2.85 bits per heavy atom. The second-order valence-electron chi connectivity index (χ2n) is 3.01. The van der Waals surface area contributed by atoms with Gasteiger partial charge >= 0.3 is 0 Å². The van der Waals surface area contributed by atoms with Crippen molar-refractivity contribution >= 4 is 9.24 Å². The van der Waals surface area contributed by atoms with Gasteiger partial charge in [-0.3, -0.25) is 0 Å². The molecule has 1 heterocycles. The molecular weight excluding hydrogens is 181 g/mol. The molecule has 1 unspecified atom stereocenters. The molecule has 0 aromatic carbocycles. The van der Waals surface area contributed by atoms with E-state index in [0.717, 1.165) is 36.2 Å². The maximum absolute atomic E-state index is 5.43. The average Bonchev–Trinajstić information content (AvgIpc) is 2.14. The molecule has 0 fully saturated rings. The van der Waals surface area contributed by atoms with Crippen LogP contribution in [0.5, 0.6) is 0 Å². The fourth-order valence-corrected chi connectivity index (χ4v) is 1.39. The summed E-state index contributed by atoms with van der Waals surface area (Å²) in [5.41, 5.74) is 7.55. The molecule has 0 saturated heterocycles. The fraction of sp³-hybridized carbons (Fsp3) is 0.556. The summed E-state index contributed by atoms with van der Waals surface area (Å²) in [7, 11) is 2.67. The van der Waals surface area contributed by atoms with Crippen molar-refractivity contribution in [2.45, 2.75) is 25.9 Å². The van der Waals surface area contributed by atoms with Gasteiger partial charge in [0.25, 0.3) is 0 Å². The molecule has 72 valence electrons. The predicted molar refractivity (Wildman–Crippen MR) is 57.6 cm³/mol. The zero-order chi connectivity index (χ0) is 9.68. The maximum atomic E-state index is 5.43. The van der Waals surface area contributed by atoms with Crippen LogP contribution in [0.15, 0.2) is 6.07 Å². The van der Waals surface area contributed by atoms with Crippen molar-refractivity contribution in [3.8, 4) is 0 Å². The SMILES string of the molecule is Cc1cc(CP)nc(CCCN)n1. The summed E-state index contributed by atoms with van der Waals surface area (Å²) in [6.45, 7) is 2.70. The van der Waals surface area contributed by atoms with Gasteiger partial charge < -0.3 is 5.73 Å². The molecule has 1 atom stereocenters. The summed E-state index contributed by atoms with van der Waals surface area (Å²) in [6.07, 6.45) is 2.73. The number of aromatic nitrogens is 2. The minimum absolute atomic E-state index is 0.702. The van der Waals surface area contributed by atoms with Crippen molar-refractivity contribution < 1.29 is 0 Å². The molecule has 2 N–H and O–H groups in total. The number of nitrogens with two attached hydrogens (primary N) is 1. The molecule has 1 rings (SSSR count). The molecule has 0 aliphatic rings. The Morgan fingerprint density at radius 2 is 2.23 bits per heavy atom. The molecule has 3 nitrogen and oxygen atoms in total. The molecular formula is C9H16N3P. The van der Waals surface area contributed by atoms with E-state index in [1.807, 2.05) is 13.0 Å². The van der Waals surface area contributed by atoms with Crippen molar-refractivity contribution in [3.63, 3.8) is 0 Å². The van der Waals surface area contributed by atoms with Gasteiger partial charge in [-0.25, -0.2) is 9.97 Å². The second-order valence-corrected chi connectivity index (χ2v) is 3.42. The van der Waals surface area contributed by atoms with Crippen LogP contribution in [0.1, 0.15) is 23.6 Å². The van der Waals surface area contributed by atoms with E-state index in [-0.39, 0.29) is 0 Å². The molecule has 0 aliphatic carbocycles. The zero-order valence-electron chi connectivity index (χ0n) is 7.95. The van der Waals surface area contributed by atoms with Gasteiger partial charge in [0.05, 0.1) is 0 Å². The smallest absolute Gasteiger partial charge is 0.128 e. The Bertz CT molecular complexity index is 276. The Labute approximate surface area is 81.4 Å². The Balaban J connectivity index is 2.76. The van der Waals surface area contributed by atoms with E-state index in [0.29, 0.717) is 6.54 Å². The molecule has 4 heteroatoms. The molecule has 1 aromatic heterocycles. The quantitative estimate of drug-likeness (QED) is 0.734. The third-order valence-corrected chi connectivity index (χ3v) is 2.19. The average molecular weight is 197 g/mol. The maximum Gasteiger partial charge on any atom is 0.128 e. The Morgan fingerprint density at radius 1 is 1.46 bits per heavy atom. The van der Waals surface area contributed by atoms with Crippen LogP contribution in [0.4, 0.5) is 0 Å². The van der Waals surface area contributed by atoms with Crippen LogP contribution < -0.4 is 5.73 Å². The van der Waals surface area contributed by atoms with Crippen molar-refractivity contribution in [3.05, 3.63) is 23.3 Å². The summed E-state index contributed by atoms with van der Waals surface area (Å²) in [6, 6.07) is 2.01. The van der Waals surface area contributed by atoms with E-state index >= 15 is 0 Å². The van der Waals surface area contributed by atoms with Crippen LogP contribution >= 0.6 is 9.24 Å². The van der Waals surface area contributed by atoms with Crippen molar-refractivity contribution in [1.82, 2.24) is 9.97 Å². The Hall–Kier alpha value is -0.530. The minimum Gasteiger partial charge on any atom is -0.330 e. The van der Waals surface area contributed by atoms with E-state index in [2.05, 4.69) is 19.2 Å². The van der Waals surface area contributed by atoms with Gasteiger partial charge in [0.15, 0.2) is 0 Å². The number of hydrogen-bond donors (Lipinski definition) is 1. The number of hydrogen-bond acceptors (Lipinski definition) is 3. The molecule has 0 radical (unpaired) electrons. The largest absolute Gasteiger partial charge is 0.330 e.